The van der Waals surface area contributed by atoms with Crippen LogP contribution in [0.1, 0.15) is 5.56 Å². The number of hydrogen-bond acceptors (Lipinski definition) is 5. The third-order valence-corrected chi connectivity index (χ3v) is 4.94. The van der Waals surface area contributed by atoms with Crippen LogP contribution in [0, 0.1) is 18.6 Å². The topological polar surface area (TPSA) is 79.4 Å². The molecule has 0 aliphatic heterocycles. The number of nitrogens with zero attached hydrogens (tertiary/aromatic N) is 4. The number of anilines is 2. The van der Waals surface area contributed by atoms with Crippen molar-refractivity contribution in [2.75, 3.05) is 5.32 Å². The highest BCUT2D eigenvalue weighted by Crippen LogP contribution is 2.30. The minimum atomic E-state index is -0.720. The monoisotopic (exact) mass is 414 g/mol. The molecule has 8 heteroatoms. The summed E-state index contributed by atoms with van der Waals surface area (Å²) in [4.78, 5) is 13.3. The highest BCUT2D eigenvalue weighted by molar-refractivity contribution is 5.91. The van der Waals surface area contributed by atoms with Crippen LogP contribution in [0.25, 0.3) is 33.4 Å². The van der Waals surface area contributed by atoms with Gasteiger partial charge < -0.3 is 5.32 Å². The first-order valence-electron chi connectivity index (χ1n) is 9.54. The highest BCUT2D eigenvalue weighted by Gasteiger charge is 2.15. The average Bonchev–Trinajstić information content (AvgIpc) is 3.17. The van der Waals surface area contributed by atoms with Crippen molar-refractivity contribution in [1.29, 1.82) is 0 Å². The number of aryl methyl sites for hydroxylation is 1. The predicted molar refractivity (Wildman–Crippen MR) is 115 cm³/mol. The van der Waals surface area contributed by atoms with Crippen molar-refractivity contribution < 1.29 is 8.78 Å². The van der Waals surface area contributed by atoms with E-state index in [0.717, 1.165) is 22.8 Å². The number of fused-ring (bicyclic) bond motifs is 1. The summed E-state index contributed by atoms with van der Waals surface area (Å²) < 4.78 is 27.8. The summed E-state index contributed by atoms with van der Waals surface area (Å²) in [6.07, 6.45) is 3.37. The van der Waals surface area contributed by atoms with Crippen LogP contribution < -0.4 is 5.32 Å². The van der Waals surface area contributed by atoms with Crippen LogP contribution in [0.15, 0.2) is 67.0 Å². The lowest BCUT2D eigenvalue weighted by Crippen LogP contribution is -2.01. The molecule has 0 aliphatic rings. The Morgan fingerprint density at radius 1 is 0.903 bits per heavy atom. The summed E-state index contributed by atoms with van der Waals surface area (Å²) in [5.74, 6) is -0.925. The van der Waals surface area contributed by atoms with E-state index in [0.29, 0.717) is 11.4 Å². The number of rotatable bonds is 4. The fourth-order valence-electron chi connectivity index (χ4n) is 3.42. The van der Waals surface area contributed by atoms with Crippen LogP contribution >= 0.6 is 0 Å². The lowest BCUT2D eigenvalue weighted by atomic mass is 10.0. The van der Waals surface area contributed by atoms with E-state index < -0.39 is 11.6 Å². The van der Waals surface area contributed by atoms with Gasteiger partial charge in [0.25, 0.3) is 0 Å². The third-order valence-electron chi connectivity index (χ3n) is 4.94. The Labute approximate surface area is 176 Å². The van der Waals surface area contributed by atoms with Gasteiger partial charge in [0.1, 0.15) is 11.3 Å². The van der Waals surface area contributed by atoms with Gasteiger partial charge >= 0.3 is 0 Å². The van der Waals surface area contributed by atoms with Crippen molar-refractivity contribution in [3.63, 3.8) is 0 Å². The molecule has 0 saturated carbocycles. The number of hydrogen-bond donors (Lipinski definition) is 2. The molecule has 3 aromatic heterocycles. The van der Waals surface area contributed by atoms with Crippen LogP contribution in [0.4, 0.5) is 20.5 Å². The summed E-state index contributed by atoms with van der Waals surface area (Å²) in [6.45, 7) is 2.00. The zero-order valence-corrected chi connectivity index (χ0v) is 16.4. The zero-order chi connectivity index (χ0) is 21.4. The van der Waals surface area contributed by atoms with Gasteiger partial charge in [0, 0.05) is 29.6 Å². The standard InChI is InChI=1S/C23H16F2N6/c1-13-4-2-3-5-16(13)20-12-19(14-6-8-26-9-7-14)27-23(28-20)29-22-17-10-15(24)11-18(25)21(17)30-31-22/h2-12H,1H3,(H2,27,28,29,30,31). The van der Waals surface area contributed by atoms with Gasteiger partial charge in [-0.3, -0.25) is 10.1 Å². The number of halogens is 2. The quantitative estimate of drug-likeness (QED) is 0.411. The molecule has 0 unspecified atom stereocenters. The Bertz CT molecular complexity index is 1400. The van der Waals surface area contributed by atoms with Gasteiger partial charge in [0.2, 0.25) is 5.95 Å². The molecule has 0 amide bonds. The minimum Gasteiger partial charge on any atom is -0.307 e. The second-order valence-electron chi connectivity index (χ2n) is 7.02. The summed E-state index contributed by atoms with van der Waals surface area (Å²) in [6, 6.07) is 15.5. The number of benzene rings is 2. The highest BCUT2D eigenvalue weighted by atomic mass is 19.1. The minimum absolute atomic E-state index is 0.105. The molecule has 31 heavy (non-hydrogen) atoms. The second kappa shape index (κ2) is 7.56. The van der Waals surface area contributed by atoms with Gasteiger partial charge in [-0.25, -0.2) is 18.7 Å². The molecule has 0 fully saturated rings. The van der Waals surface area contributed by atoms with Crippen molar-refractivity contribution in [2.24, 2.45) is 0 Å². The molecule has 0 bridgehead atoms. The molecule has 2 N–H and O–H groups in total. The van der Waals surface area contributed by atoms with Crippen molar-refractivity contribution in [3.05, 3.63) is 84.2 Å². The molecule has 5 aromatic rings. The SMILES string of the molecule is Cc1ccccc1-c1cc(-c2ccncc2)nc(Nc2n[nH]c3c(F)cc(F)cc23)n1. The molecule has 0 aliphatic carbocycles. The first-order valence-corrected chi connectivity index (χ1v) is 9.54. The number of H-pyrrole nitrogens is 1. The average molecular weight is 414 g/mol. The predicted octanol–water partition coefficient (Wildman–Crippen LogP) is 5.41. The van der Waals surface area contributed by atoms with E-state index in [-0.39, 0.29) is 22.7 Å². The van der Waals surface area contributed by atoms with Gasteiger partial charge in [-0.15, -0.1) is 0 Å². The van der Waals surface area contributed by atoms with Crippen molar-refractivity contribution in [3.8, 4) is 22.5 Å². The number of pyridine rings is 1. The fraction of sp³-hybridized carbons (Fsp3) is 0.0435. The Morgan fingerprint density at radius 2 is 1.68 bits per heavy atom. The summed E-state index contributed by atoms with van der Waals surface area (Å²) >= 11 is 0. The van der Waals surface area contributed by atoms with Gasteiger partial charge in [-0.05, 0) is 36.8 Å². The van der Waals surface area contributed by atoms with Gasteiger partial charge in [-0.2, -0.15) is 5.10 Å². The zero-order valence-electron chi connectivity index (χ0n) is 16.4. The van der Waals surface area contributed by atoms with Crippen LogP contribution in [-0.2, 0) is 0 Å². The van der Waals surface area contributed by atoms with Crippen LogP contribution in [0.2, 0.25) is 0 Å². The number of aromatic nitrogens is 5. The van der Waals surface area contributed by atoms with E-state index >= 15 is 0 Å². The molecule has 3 heterocycles. The van der Waals surface area contributed by atoms with E-state index in [1.807, 2.05) is 49.4 Å². The van der Waals surface area contributed by atoms with E-state index in [1.54, 1.807) is 12.4 Å². The molecule has 2 aromatic carbocycles. The molecule has 0 spiro atoms. The Hall–Kier alpha value is -4.20. The molecule has 0 saturated heterocycles. The molecular weight excluding hydrogens is 398 g/mol. The Balaban J connectivity index is 1.65. The fourth-order valence-corrected chi connectivity index (χ4v) is 3.42. The maximum Gasteiger partial charge on any atom is 0.229 e. The number of aromatic amines is 1. The summed E-state index contributed by atoms with van der Waals surface area (Å²) in [5.41, 5.74) is 4.36. The Kier molecular flexibility index (Phi) is 4.59. The lowest BCUT2D eigenvalue weighted by molar-refractivity contribution is 0.590. The van der Waals surface area contributed by atoms with Gasteiger partial charge in [0.15, 0.2) is 11.6 Å². The third kappa shape index (κ3) is 3.59. The molecular formula is C23H16F2N6. The van der Waals surface area contributed by atoms with Gasteiger partial charge in [0.05, 0.1) is 16.8 Å². The number of nitrogens with one attached hydrogen (secondary N) is 2. The van der Waals surface area contributed by atoms with Gasteiger partial charge in [-0.1, -0.05) is 24.3 Å². The first-order chi connectivity index (χ1) is 15.1. The van der Waals surface area contributed by atoms with E-state index in [1.165, 1.54) is 6.07 Å². The van der Waals surface area contributed by atoms with E-state index in [2.05, 4.69) is 30.5 Å². The van der Waals surface area contributed by atoms with Crippen molar-refractivity contribution >= 4 is 22.7 Å². The lowest BCUT2D eigenvalue weighted by Gasteiger charge is -2.11. The van der Waals surface area contributed by atoms with Crippen molar-refractivity contribution in [1.82, 2.24) is 25.1 Å². The molecule has 5 rings (SSSR count). The summed E-state index contributed by atoms with van der Waals surface area (Å²) in [5, 5.41) is 9.95. The van der Waals surface area contributed by atoms with E-state index in [4.69, 9.17) is 0 Å². The normalized spacial score (nSPS) is 11.1. The van der Waals surface area contributed by atoms with Crippen LogP contribution in [0.3, 0.4) is 0 Å². The molecule has 0 atom stereocenters. The molecule has 152 valence electrons. The Morgan fingerprint density at radius 3 is 2.48 bits per heavy atom. The first kappa shape index (κ1) is 18.8. The largest absolute Gasteiger partial charge is 0.307 e. The molecule has 6 nitrogen and oxygen atoms in total. The smallest absolute Gasteiger partial charge is 0.229 e. The van der Waals surface area contributed by atoms with Crippen LogP contribution in [0.5, 0.6) is 0 Å². The maximum atomic E-state index is 14.0. The second-order valence-corrected chi connectivity index (χ2v) is 7.02. The van der Waals surface area contributed by atoms with Crippen LogP contribution in [-0.4, -0.2) is 25.1 Å². The molecule has 0 radical (unpaired) electrons. The summed E-state index contributed by atoms with van der Waals surface area (Å²) in [7, 11) is 0. The van der Waals surface area contributed by atoms with Crippen molar-refractivity contribution in [2.45, 2.75) is 6.92 Å². The maximum absolute atomic E-state index is 14.0. The van der Waals surface area contributed by atoms with E-state index in [9.17, 15) is 8.78 Å².